The van der Waals surface area contributed by atoms with E-state index in [9.17, 15) is 0 Å². The Morgan fingerprint density at radius 3 is 2.38 bits per heavy atom. The third-order valence-corrected chi connectivity index (χ3v) is 4.73. The predicted molar refractivity (Wildman–Crippen MR) is 30.2 cm³/mol. The zero-order valence-corrected chi connectivity index (χ0v) is 5.09. The van der Waals surface area contributed by atoms with Gasteiger partial charge in [-0.1, -0.05) is 6.92 Å². The summed E-state index contributed by atoms with van der Waals surface area (Å²) >= 11 is 0. The molecular weight excluding hydrogens is 96.1 g/mol. The van der Waals surface area contributed by atoms with Crippen molar-refractivity contribution in [3.8, 4) is 0 Å². The van der Waals surface area contributed by atoms with Gasteiger partial charge in [-0.15, -0.1) is 0 Å². The summed E-state index contributed by atoms with van der Waals surface area (Å²) in [5.41, 5.74) is 0.954. The SMILES string of the molecule is CC12C3CC4C(C41)C32. The van der Waals surface area contributed by atoms with E-state index in [4.69, 9.17) is 0 Å². The van der Waals surface area contributed by atoms with Gasteiger partial charge in [0.15, 0.2) is 0 Å². The highest BCUT2D eigenvalue weighted by Gasteiger charge is 2.94. The molecule has 2 bridgehead atoms. The largest absolute Gasteiger partial charge is 0.0588 e. The summed E-state index contributed by atoms with van der Waals surface area (Å²) in [7, 11) is 0. The van der Waals surface area contributed by atoms with Gasteiger partial charge in [0.2, 0.25) is 0 Å². The van der Waals surface area contributed by atoms with Crippen molar-refractivity contribution < 1.29 is 0 Å². The van der Waals surface area contributed by atoms with Crippen molar-refractivity contribution in [2.45, 2.75) is 13.3 Å². The quantitative estimate of drug-likeness (QED) is 0.439. The van der Waals surface area contributed by atoms with Gasteiger partial charge >= 0.3 is 0 Å². The van der Waals surface area contributed by atoms with Gasteiger partial charge in [0.05, 0.1) is 0 Å². The van der Waals surface area contributed by atoms with Crippen LogP contribution in [-0.2, 0) is 0 Å². The number of rotatable bonds is 0. The van der Waals surface area contributed by atoms with Crippen molar-refractivity contribution in [3.05, 3.63) is 0 Å². The average Bonchev–Trinajstić information content (AvgIpc) is 2.37. The van der Waals surface area contributed by atoms with Crippen molar-refractivity contribution in [2.75, 3.05) is 0 Å². The van der Waals surface area contributed by atoms with Crippen LogP contribution in [0, 0.1) is 35.0 Å². The molecule has 0 aromatic heterocycles. The third-order valence-electron chi connectivity index (χ3n) is 4.73. The van der Waals surface area contributed by atoms with E-state index in [1.165, 1.54) is 29.6 Å². The molecule has 0 amide bonds. The number of hydrogen-bond donors (Lipinski definition) is 0. The van der Waals surface area contributed by atoms with E-state index >= 15 is 0 Å². The molecule has 0 saturated heterocycles. The lowest BCUT2D eigenvalue weighted by Gasteiger charge is -2.17. The standard InChI is InChI=1S/C8H10/c1-8-4-2-3-5(6(3)8)7(4)8/h3-7H,2H2,1H3. The fourth-order valence-electron chi connectivity index (χ4n) is 4.46. The van der Waals surface area contributed by atoms with Gasteiger partial charge in [0.25, 0.3) is 0 Å². The van der Waals surface area contributed by atoms with Gasteiger partial charge in [-0.25, -0.2) is 0 Å². The maximum Gasteiger partial charge on any atom is -0.0227 e. The Morgan fingerprint density at radius 1 is 1.38 bits per heavy atom. The molecule has 5 fully saturated rings. The topological polar surface area (TPSA) is 0 Å². The van der Waals surface area contributed by atoms with Crippen LogP contribution in [0.15, 0.2) is 0 Å². The smallest absolute Gasteiger partial charge is 0.0227 e. The molecule has 5 aliphatic carbocycles. The van der Waals surface area contributed by atoms with Gasteiger partial charge in [-0.2, -0.15) is 0 Å². The van der Waals surface area contributed by atoms with E-state index in [0.717, 1.165) is 5.41 Å². The summed E-state index contributed by atoms with van der Waals surface area (Å²) in [4.78, 5) is 0. The van der Waals surface area contributed by atoms with Gasteiger partial charge in [-0.3, -0.25) is 0 Å². The highest BCUT2D eigenvalue weighted by Crippen LogP contribution is 2.98. The maximum absolute atomic E-state index is 2.52. The summed E-state index contributed by atoms with van der Waals surface area (Å²) in [6.07, 6.45) is 1.64. The summed E-state index contributed by atoms with van der Waals surface area (Å²) in [5.74, 6) is 6.30. The van der Waals surface area contributed by atoms with Crippen molar-refractivity contribution in [2.24, 2.45) is 35.0 Å². The van der Waals surface area contributed by atoms with Gasteiger partial charge in [-0.05, 0) is 41.4 Å². The molecule has 0 spiro atoms. The number of hydrogen-bond acceptors (Lipinski definition) is 0. The first-order valence-corrected chi connectivity index (χ1v) is 3.85. The monoisotopic (exact) mass is 106 g/mol. The first-order valence-electron chi connectivity index (χ1n) is 3.85. The zero-order valence-electron chi connectivity index (χ0n) is 5.09. The molecule has 6 unspecified atom stereocenters. The van der Waals surface area contributed by atoms with Gasteiger partial charge in [0, 0.05) is 0 Å². The van der Waals surface area contributed by atoms with Crippen LogP contribution in [0.3, 0.4) is 0 Å². The van der Waals surface area contributed by atoms with Crippen LogP contribution in [0.2, 0.25) is 0 Å². The van der Waals surface area contributed by atoms with Crippen LogP contribution < -0.4 is 0 Å². The Labute approximate surface area is 49.3 Å². The molecule has 0 aromatic carbocycles. The van der Waals surface area contributed by atoms with Crippen LogP contribution in [0.5, 0.6) is 0 Å². The fraction of sp³-hybridized carbons (Fsp3) is 1.00. The summed E-state index contributed by atoms with van der Waals surface area (Å²) in [6.45, 7) is 2.52. The first kappa shape index (κ1) is 3.24. The average molecular weight is 106 g/mol. The van der Waals surface area contributed by atoms with E-state index in [0.29, 0.717) is 0 Å². The molecule has 5 saturated carbocycles. The lowest BCUT2D eigenvalue weighted by Crippen LogP contribution is -2.13. The Hall–Kier alpha value is 0. The Bertz CT molecular complexity index is 175. The molecule has 8 heavy (non-hydrogen) atoms. The molecule has 0 N–H and O–H groups in total. The highest BCUT2D eigenvalue weighted by atomic mass is 15.0. The van der Waals surface area contributed by atoms with Crippen molar-refractivity contribution in [3.63, 3.8) is 0 Å². The zero-order chi connectivity index (χ0) is 5.09. The van der Waals surface area contributed by atoms with Crippen LogP contribution in [0.4, 0.5) is 0 Å². The molecular formula is C8H10. The van der Waals surface area contributed by atoms with Crippen molar-refractivity contribution >= 4 is 0 Å². The second-order valence-corrected chi connectivity index (χ2v) is 4.50. The molecule has 5 rings (SSSR count). The minimum Gasteiger partial charge on any atom is -0.0588 e. The molecule has 0 aromatic rings. The maximum atomic E-state index is 2.52. The van der Waals surface area contributed by atoms with Crippen LogP contribution in [-0.4, -0.2) is 0 Å². The van der Waals surface area contributed by atoms with E-state index < -0.39 is 0 Å². The summed E-state index contributed by atoms with van der Waals surface area (Å²) in [6, 6.07) is 0. The summed E-state index contributed by atoms with van der Waals surface area (Å²) in [5, 5.41) is 0. The molecule has 6 atom stereocenters. The normalized spacial score (nSPS) is 94.9. The second kappa shape index (κ2) is 0.521. The first-order chi connectivity index (χ1) is 3.85. The second-order valence-electron chi connectivity index (χ2n) is 4.50. The van der Waals surface area contributed by atoms with E-state index in [-0.39, 0.29) is 0 Å². The van der Waals surface area contributed by atoms with Crippen molar-refractivity contribution in [1.82, 2.24) is 0 Å². The van der Waals surface area contributed by atoms with Crippen molar-refractivity contribution in [1.29, 1.82) is 0 Å². The third kappa shape index (κ3) is 0.104. The molecule has 0 heterocycles. The van der Waals surface area contributed by atoms with E-state index in [1.807, 2.05) is 0 Å². The van der Waals surface area contributed by atoms with E-state index in [2.05, 4.69) is 6.92 Å². The Balaban J connectivity index is 2.12. The predicted octanol–water partition coefficient (Wildman–Crippen LogP) is 1.52. The van der Waals surface area contributed by atoms with Gasteiger partial charge in [0.1, 0.15) is 0 Å². The Kier molecular flexibility index (Phi) is 0.211. The Morgan fingerprint density at radius 2 is 2.25 bits per heavy atom. The lowest BCUT2D eigenvalue weighted by molar-refractivity contribution is 0.294. The van der Waals surface area contributed by atoms with Crippen LogP contribution in [0.25, 0.3) is 0 Å². The highest BCUT2D eigenvalue weighted by molar-refractivity contribution is 5.41. The minimum absolute atomic E-state index is 0.954. The van der Waals surface area contributed by atoms with Crippen LogP contribution in [0.1, 0.15) is 13.3 Å². The molecule has 0 aliphatic heterocycles. The summed E-state index contributed by atoms with van der Waals surface area (Å²) < 4.78 is 0. The minimum atomic E-state index is 0.954. The van der Waals surface area contributed by atoms with Crippen LogP contribution >= 0.6 is 0 Å². The fourth-order valence-corrected chi connectivity index (χ4v) is 4.46. The molecule has 0 radical (unpaired) electrons. The van der Waals surface area contributed by atoms with E-state index in [1.54, 1.807) is 6.42 Å². The molecule has 0 heteroatoms. The molecule has 5 aliphatic rings. The van der Waals surface area contributed by atoms with Gasteiger partial charge < -0.3 is 0 Å². The lowest BCUT2D eigenvalue weighted by atomic mass is 9.87. The molecule has 0 nitrogen and oxygen atoms in total. The molecule has 42 valence electrons.